The Kier molecular flexibility index (Phi) is 3.66. The van der Waals surface area contributed by atoms with Crippen LogP contribution in [-0.4, -0.2) is 17.9 Å². The van der Waals surface area contributed by atoms with E-state index in [0.717, 1.165) is 54.2 Å². The van der Waals surface area contributed by atoms with Crippen molar-refractivity contribution in [2.45, 2.75) is 76.7 Å². The molecule has 6 rings (SSSR count). The lowest BCUT2D eigenvalue weighted by molar-refractivity contribution is -0.134. The maximum atomic E-state index is 8.22. The molecule has 0 saturated heterocycles. The van der Waals surface area contributed by atoms with E-state index in [1.165, 1.54) is 57.8 Å². The number of hydrogen-bond acceptors (Lipinski definition) is 2. The molecule has 146 valence electrons. The Hall–Kier alpha value is -0.890. The largest absolute Gasteiger partial charge is 0.366 e. The van der Waals surface area contributed by atoms with E-state index < -0.39 is 0 Å². The van der Waals surface area contributed by atoms with Gasteiger partial charge in [0, 0.05) is 11.1 Å². The Morgan fingerprint density at radius 1 is 1.11 bits per heavy atom. The Labute approximate surface area is 164 Å². The third-order valence-corrected chi connectivity index (χ3v) is 9.99. The summed E-state index contributed by atoms with van der Waals surface area (Å²) in [5, 5.41) is 8.22. The Balaban J connectivity index is 1.42. The van der Waals surface area contributed by atoms with E-state index in [2.05, 4.69) is 25.2 Å². The zero-order valence-corrected chi connectivity index (χ0v) is 16.9. The fraction of sp³-hybridized carbons (Fsp3) is 0.800. The summed E-state index contributed by atoms with van der Waals surface area (Å²) in [6, 6.07) is 0. The lowest BCUT2D eigenvalue weighted by atomic mass is 9.46. The number of ether oxygens (including phenoxy) is 1. The van der Waals surface area contributed by atoms with Crippen molar-refractivity contribution in [1.29, 1.82) is 5.41 Å². The normalized spacial score (nSPS) is 51.1. The summed E-state index contributed by atoms with van der Waals surface area (Å²) in [7, 11) is 0. The van der Waals surface area contributed by atoms with Gasteiger partial charge in [-0.15, -0.1) is 0 Å². The SMILES string of the molecule is CC[C@]12CCC3C(C(C4CC4)CC4=CC(=N)CC[C@@H]43)C1CC[C@@]21C=CCO1. The fourth-order valence-electron chi connectivity index (χ4n) is 8.87. The van der Waals surface area contributed by atoms with Crippen LogP contribution in [0.5, 0.6) is 0 Å². The molecule has 27 heavy (non-hydrogen) atoms. The highest BCUT2D eigenvalue weighted by molar-refractivity contribution is 5.93. The zero-order valence-electron chi connectivity index (χ0n) is 16.9. The Bertz CT molecular complexity index is 718. The van der Waals surface area contributed by atoms with Crippen molar-refractivity contribution in [3.05, 3.63) is 23.8 Å². The van der Waals surface area contributed by atoms with Gasteiger partial charge in [0.1, 0.15) is 0 Å². The standard InChI is InChI=1S/C25H35NO/c1-2-24-11-8-20-19-7-6-18(26)14-17(19)15-21(16-4-5-16)23(20)22(24)9-12-25(24)10-3-13-27-25/h3,10,14,16,19-23,26H,2,4-9,11-13,15H2,1H3/t19-,20?,21?,22?,23?,24-,25-/m0/s1. The molecule has 4 saturated carbocycles. The molecule has 7 atom stereocenters. The average Bonchev–Trinajstić information content (AvgIpc) is 3.33. The molecule has 1 heterocycles. The maximum absolute atomic E-state index is 8.22. The van der Waals surface area contributed by atoms with E-state index in [-0.39, 0.29) is 5.60 Å². The second-order valence-electron chi connectivity index (χ2n) is 10.6. The van der Waals surface area contributed by atoms with E-state index in [1.807, 2.05) is 0 Å². The molecule has 1 N–H and O–H groups in total. The molecule has 0 aromatic carbocycles. The van der Waals surface area contributed by atoms with Gasteiger partial charge in [-0.3, -0.25) is 0 Å². The number of hydrogen-bond donors (Lipinski definition) is 1. The van der Waals surface area contributed by atoms with Crippen LogP contribution in [0.25, 0.3) is 0 Å². The van der Waals surface area contributed by atoms with Gasteiger partial charge >= 0.3 is 0 Å². The molecule has 4 fully saturated rings. The molecule has 4 unspecified atom stereocenters. The van der Waals surface area contributed by atoms with Gasteiger partial charge in [-0.05, 0) is 106 Å². The Morgan fingerprint density at radius 2 is 2.00 bits per heavy atom. The molecule has 2 heteroatoms. The molecular formula is C25H35NO. The summed E-state index contributed by atoms with van der Waals surface area (Å²) in [6.07, 6.45) is 20.4. The summed E-state index contributed by atoms with van der Waals surface area (Å²) in [6.45, 7) is 3.30. The summed E-state index contributed by atoms with van der Waals surface area (Å²) in [5.74, 6) is 5.38. The van der Waals surface area contributed by atoms with E-state index in [9.17, 15) is 0 Å². The first-order valence-electron chi connectivity index (χ1n) is 11.8. The van der Waals surface area contributed by atoms with E-state index >= 15 is 0 Å². The summed E-state index contributed by atoms with van der Waals surface area (Å²) >= 11 is 0. The smallest absolute Gasteiger partial charge is 0.0926 e. The lowest BCUT2D eigenvalue weighted by Crippen LogP contribution is -2.55. The van der Waals surface area contributed by atoms with Gasteiger partial charge < -0.3 is 10.1 Å². The van der Waals surface area contributed by atoms with Crippen LogP contribution in [0, 0.1) is 46.3 Å². The first-order valence-corrected chi connectivity index (χ1v) is 11.8. The maximum Gasteiger partial charge on any atom is 0.0926 e. The van der Waals surface area contributed by atoms with Gasteiger partial charge in [0.2, 0.25) is 0 Å². The van der Waals surface area contributed by atoms with Gasteiger partial charge in [0.05, 0.1) is 12.2 Å². The minimum absolute atomic E-state index is 0.0658. The molecule has 2 nitrogen and oxygen atoms in total. The van der Waals surface area contributed by atoms with Crippen molar-refractivity contribution in [1.82, 2.24) is 0 Å². The second kappa shape index (κ2) is 5.81. The van der Waals surface area contributed by atoms with E-state index in [0.29, 0.717) is 5.41 Å². The molecule has 0 amide bonds. The number of fused-ring (bicyclic) bond motifs is 6. The van der Waals surface area contributed by atoms with Crippen molar-refractivity contribution in [3.8, 4) is 0 Å². The summed E-state index contributed by atoms with van der Waals surface area (Å²) < 4.78 is 6.53. The van der Waals surface area contributed by atoms with Gasteiger partial charge in [-0.25, -0.2) is 0 Å². The van der Waals surface area contributed by atoms with Crippen LogP contribution < -0.4 is 0 Å². The first kappa shape index (κ1) is 17.0. The van der Waals surface area contributed by atoms with E-state index in [1.54, 1.807) is 5.57 Å². The van der Waals surface area contributed by atoms with Crippen molar-refractivity contribution in [2.24, 2.45) is 40.9 Å². The van der Waals surface area contributed by atoms with Gasteiger partial charge in [0.25, 0.3) is 0 Å². The molecule has 0 aromatic rings. The summed E-state index contributed by atoms with van der Waals surface area (Å²) in [4.78, 5) is 0. The van der Waals surface area contributed by atoms with Crippen molar-refractivity contribution >= 4 is 5.71 Å². The Morgan fingerprint density at radius 3 is 2.74 bits per heavy atom. The third-order valence-electron chi connectivity index (χ3n) is 9.99. The van der Waals surface area contributed by atoms with Crippen LogP contribution in [0.4, 0.5) is 0 Å². The molecule has 0 aromatic heterocycles. The second-order valence-corrected chi connectivity index (χ2v) is 10.6. The van der Waals surface area contributed by atoms with Crippen molar-refractivity contribution in [2.75, 3.05) is 6.61 Å². The predicted octanol–water partition coefficient (Wildman–Crippen LogP) is 5.93. The highest BCUT2D eigenvalue weighted by Crippen LogP contribution is 2.70. The molecule has 5 aliphatic carbocycles. The monoisotopic (exact) mass is 365 g/mol. The van der Waals surface area contributed by atoms with Gasteiger partial charge in [-0.1, -0.05) is 24.6 Å². The minimum Gasteiger partial charge on any atom is -0.366 e. The van der Waals surface area contributed by atoms with Crippen LogP contribution in [0.1, 0.15) is 71.1 Å². The molecular weight excluding hydrogens is 330 g/mol. The summed E-state index contributed by atoms with van der Waals surface area (Å²) in [5.41, 5.74) is 3.04. The minimum atomic E-state index is 0.0658. The van der Waals surface area contributed by atoms with Crippen LogP contribution in [0.2, 0.25) is 0 Å². The first-order chi connectivity index (χ1) is 13.2. The molecule has 0 radical (unpaired) electrons. The lowest BCUT2D eigenvalue weighted by Gasteiger charge is -2.59. The molecule has 0 bridgehead atoms. The van der Waals surface area contributed by atoms with Crippen molar-refractivity contribution < 1.29 is 4.74 Å². The number of rotatable bonds is 2. The molecule has 1 aliphatic heterocycles. The highest BCUT2D eigenvalue weighted by Gasteiger charge is 2.66. The quantitative estimate of drug-likeness (QED) is 0.604. The zero-order chi connectivity index (χ0) is 18.2. The molecule has 1 spiro atoms. The van der Waals surface area contributed by atoms with Crippen molar-refractivity contribution in [3.63, 3.8) is 0 Å². The van der Waals surface area contributed by atoms with E-state index in [4.69, 9.17) is 10.1 Å². The van der Waals surface area contributed by atoms with Gasteiger partial charge in [-0.2, -0.15) is 0 Å². The predicted molar refractivity (Wildman–Crippen MR) is 109 cm³/mol. The third kappa shape index (κ3) is 2.20. The average molecular weight is 366 g/mol. The van der Waals surface area contributed by atoms with Crippen LogP contribution in [0.15, 0.2) is 23.8 Å². The fourth-order valence-corrected chi connectivity index (χ4v) is 8.87. The highest BCUT2D eigenvalue weighted by atomic mass is 16.5. The van der Waals surface area contributed by atoms with Crippen LogP contribution in [-0.2, 0) is 4.74 Å². The van der Waals surface area contributed by atoms with Crippen LogP contribution in [0.3, 0.4) is 0 Å². The number of nitrogens with one attached hydrogen (secondary N) is 1. The van der Waals surface area contributed by atoms with Gasteiger partial charge in [0.15, 0.2) is 0 Å². The van der Waals surface area contributed by atoms with Crippen LogP contribution >= 0.6 is 0 Å². The number of allylic oxidation sites excluding steroid dienone is 2. The topological polar surface area (TPSA) is 33.1 Å². The molecule has 6 aliphatic rings.